The third-order valence-electron chi connectivity index (χ3n) is 3.89. The summed E-state index contributed by atoms with van der Waals surface area (Å²) in [4.78, 5) is 20.6. The van der Waals surface area contributed by atoms with E-state index in [4.69, 9.17) is 0 Å². The molecule has 0 radical (unpaired) electrons. The van der Waals surface area contributed by atoms with Crippen molar-refractivity contribution < 1.29 is 9.18 Å². The Kier molecular flexibility index (Phi) is 5.53. The van der Waals surface area contributed by atoms with Crippen LogP contribution >= 0.6 is 0 Å². The zero-order valence-electron chi connectivity index (χ0n) is 14.4. The maximum atomic E-state index is 12.9. The smallest absolute Gasteiger partial charge is 0.275 e. The van der Waals surface area contributed by atoms with Crippen molar-refractivity contribution in [3.63, 3.8) is 0 Å². The number of hydrogen-bond acceptors (Lipinski definition) is 4. The number of nitrogens with zero attached hydrogens (tertiary/aromatic N) is 2. The summed E-state index contributed by atoms with van der Waals surface area (Å²) in [5.41, 5.74) is 3.08. The van der Waals surface area contributed by atoms with E-state index in [0.29, 0.717) is 18.1 Å². The fraction of sp³-hybridized carbons (Fsp3) is 0.150. The zero-order chi connectivity index (χ0) is 18.4. The van der Waals surface area contributed by atoms with Gasteiger partial charge < -0.3 is 10.6 Å². The van der Waals surface area contributed by atoms with Crippen LogP contribution in [0.3, 0.4) is 0 Å². The van der Waals surface area contributed by atoms with Crippen molar-refractivity contribution in [2.75, 3.05) is 10.6 Å². The van der Waals surface area contributed by atoms with Crippen molar-refractivity contribution in [3.05, 3.63) is 83.6 Å². The lowest BCUT2D eigenvalue weighted by Gasteiger charge is -2.07. The summed E-state index contributed by atoms with van der Waals surface area (Å²) in [6.45, 7) is 2.57. The molecule has 3 rings (SSSR count). The summed E-state index contributed by atoms with van der Waals surface area (Å²) in [6.07, 6.45) is 3.87. The lowest BCUT2D eigenvalue weighted by molar-refractivity contribution is 0.102. The van der Waals surface area contributed by atoms with E-state index in [1.807, 2.05) is 24.3 Å². The Balaban J connectivity index is 1.57. The SMILES string of the molecule is CCc1ccc(NC(=O)c2cnc(NCc3ccc(F)cc3)cn2)cc1. The lowest BCUT2D eigenvalue weighted by Crippen LogP contribution is -2.14. The van der Waals surface area contributed by atoms with Gasteiger partial charge in [0.1, 0.15) is 17.3 Å². The van der Waals surface area contributed by atoms with Gasteiger partial charge in [0.05, 0.1) is 12.4 Å². The highest BCUT2D eigenvalue weighted by molar-refractivity contribution is 6.02. The lowest BCUT2D eigenvalue weighted by atomic mass is 10.1. The molecule has 1 heterocycles. The van der Waals surface area contributed by atoms with Crippen LogP contribution in [0.4, 0.5) is 15.9 Å². The molecule has 0 aliphatic rings. The number of benzene rings is 2. The molecule has 1 aromatic heterocycles. The second-order valence-electron chi connectivity index (χ2n) is 5.77. The third kappa shape index (κ3) is 4.63. The van der Waals surface area contributed by atoms with Crippen LogP contribution in [-0.4, -0.2) is 15.9 Å². The Morgan fingerprint density at radius 3 is 2.27 bits per heavy atom. The van der Waals surface area contributed by atoms with E-state index in [-0.39, 0.29) is 17.4 Å². The topological polar surface area (TPSA) is 66.9 Å². The maximum Gasteiger partial charge on any atom is 0.275 e. The standard InChI is InChI=1S/C20H19FN4O/c1-2-14-5-9-17(10-6-14)25-20(26)18-12-24-19(13-22-18)23-11-15-3-7-16(21)8-4-15/h3-10,12-13H,2,11H2,1H3,(H,23,24)(H,25,26). The van der Waals surface area contributed by atoms with E-state index >= 15 is 0 Å². The molecule has 1 amide bonds. The van der Waals surface area contributed by atoms with E-state index in [0.717, 1.165) is 12.0 Å². The Morgan fingerprint density at radius 1 is 0.962 bits per heavy atom. The van der Waals surface area contributed by atoms with Gasteiger partial charge in [-0.15, -0.1) is 0 Å². The summed E-state index contributed by atoms with van der Waals surface area (Å²) >= 11 is 0. The van der Waals surface area contributed by atoms with Gasteiger partial charge in [0.2, 0.25) is 0 Å². The van der Waals surface area contributed by atoms with Crippen molar-refractivity contribution in [1.82, 2.24) is 9.97 Å². The molecule has 3 aromatic rings. The van der Waals surface area contributed by atoms with Gasteiger partial charge in [0, 0.05) is 12.2 Å². The van der Waals surface area contributed by atoms with Crippen LogP contribution in [0.25, 0.3) is 0 Å². The molecule has 0 atom stereocenters. The quantitative estimate of drug-likeness (QED) is 0.704. The molecule has 2 N–H and O–H groups in total. The maximum absolute atomic E-state index is 12.9. The van der Waals surface area contributed by atoms with Gasteiger partial charge in [-0.05, 0) is 41.8 Å². The molecule has 0 fully saturated rings. The average Bonchev–Trinajstić information content (AvgIpc) is 2.68. The number of aromatic nitrogens is 2. The molecular weight excluding hydrogens is 331 g/mol. The Morgan fingerprint density at radius 2 is 1.65 bits per heavy atom. The number of halogens is 1. The largest absolute Gasteiger partial charge is 0.365 e. The number of anilines is 2. The second-order valence-corrected chi connectivity index (χ2v) is 5.77. The molecule has 0 unspecified atom stereocenters. The summed E-state index contributed by atoms with van der Waals surface area (Å²) < 4.78 is 12.9. The molecule has 0 aliphatic heterocycles. The summed E-state index contributed by atoms with van der Waals surface area (Å²) in [5.74, 6) is -0.0433. The first-order valence-corrected chi connectivity index (χ1v) is 8.34. The molecule has 2 aromatic carbocycles. The van der Waals surface area contributed by atoms with Crippen LogP contribution in [0.5, 0.6) is 0 Å². The number of aryl methyl sites for hydroxylation is 1. The van der Waals surface area contributed by atoms with E-state index < -0.39 is 0 Å². The van der Waals surface area contributed by atoms with Crippen molar-refractivity contribution >= 4 is 17.4 Å². The van der Waals surface area contributed by atoms with Gasteiger partial charge in [-0.1, -0.05) is 31.2 Å². The average molecular weight is 350 g/mol. The zero-order valence-corrected chi connectivity index (χ0v) is 14.4. The molecule has 26 heavy (non-hydrogen) atoms. The first-order valence-electron chi connectivity index (χ1n) is 8.34. The molecule has 6 heteroatoms. The molecule has 0 spiro atoms. The van der Waals surface area contributed by atoms with Gasteiger partial charge in [-0.25, -0.2) is 14.4 Å². The Bertz CT molecular complexity index is 862. The highest BCUT2D eigenvalue weighted by Gasteiger charge is 2.08. The highest BCUT2D eigenvalue weighted by atomic mass is 19.1. The minimum absolute atomic E-state index is 0.233. The van der Waals surface area contributed by atoms with Gasteiger partial charge in [0.25, 0.3) is 5.91 Å². The summed E-state index contributed by atoms with van der Waals surface area (Å²) in [5, 5.41) is 5.88. The third-order valence-corrected chi connectivity index (χ3v) is 3.89. The number of carbonyl (C=O) groups is 1. The predicted octanol–water partition coefficient (Wildman–Crippen LogP) is 4.04. The molecule has 132 valence electrons. The van der Waals surface area contributed by atoms with E-state index in [1.165, 1.54) is 30.1 Å². The first kappa shape index (κ1) is 17.5. The molecule has 0 bridgehead atoms. The molecule has 0 saturated heterocycles. The Labute approximate surface area is 151 Å². The monoisotopic (exact) mass is 350 g/mol. The van der Waals surface area contributed by atoms with E-state index in [2.05, 4.69) is 27.5 Å². The van der Waals surface area contributed by atoms with Crippen molar-refractivity contribution in [1.29, 1.82) is 0 Å². The fourth-order valence-electron chi connectivity index (χ4n) is 2.35. The second kappa shape index (κ2) is 8.20. The highest BCUT2D eigenvalue weighted by Crippen LogP contribution is 2.12. The van der Waals surface area contributed by atoms with Crippen LogP contribution < -0.4 is 10.6 Å². The van der Waals surface area contributed by atoms with Crippen molar-refractivity contribution in [2.24, 2.45) is 0 Å². The van der Waals surface area contributed by atoms with Crippen LogP contribution in [0, 0.1) is 5.82 Å². The minimum Gasteiger partial charge on any atom is -0.365 e. The first-order chi connectivity index (χ1) is 12.6. The number of hydrogen-bond donors (Lipinski definition) is 2. The summed E-state index contributed by atoms with van der Waals surface area (Å²) in [6, 6.07) is 13.9. The molecule has 5 nitrogen and oxygen atoms in total. The molecule has 0 aliphatic carbocycles. The minimum atomic E-state index is -0.313. The van der Waals surface area contributed by atoms with Crippen LogP contribution in [-0.2, 0) is 13.0 Å². The van der Waals surface area contributed by atoms with E-state index in [1.54, 1.807) is 12.1 Å². The van der Waals surface area contributed by atoms with Gasteiger partial charge >= 0.3 is 0 Å². The van der Waals surface area contributed by atoms with Crippen LogP contribution in [0.1, 0.15) is 28.5 Å². The van der Waals surface area contributed by atoms with Crippen molar-refractivity contribution in [3.8, 4) is 0 Å². The number of amides is 1. The normalized spacial score (nSPS) is 10.4. The number of rotatable bonds is 6. The predicted molar refractivity (Wildman–Crippen MR) is 99.5 cm³/mol. The van der Waals surface area contributed by atoms with Crippen molar-refractivity contribution in [2.45, 2.75) is 19.9 Å². The van der Waals surface area contributed by atoms with Crippen LogP contribution in [0.15, 0.2) is 60.9 Å². The molecular formula is C20H19FN4O. The number of nitrogens with one attached hydrogen (secondary N) is 2. The van der Waals surface area contributed by atoms with Crippen LogP contribution in [0.2, 0.25) is 0 Å². The number of carbonyl (C=O) groups excluding carboxylic acids is 1. The van der Waals surface area contributed by atoms with E-state index in [9.17, 15) is 9.18 Å². The molecule has 0 saturated carbocycles. The summed E-state index contributed by atoms with van der Waals surface area (Å²) in [7, 11) is 0. The fourth-order valence-corrected chi connectivity index (χ4v) is 2.35. The van der Waals surface area contributed by atoms with Gasteiger partial charge in [0.15, 0.2) is 0 Å². The van der Waals surface area contributed by atoms with Gasteiger partial charge in [-0.2, -0.15) is 0 Å². The van der Waals surface area contributed by atoms with Gasteiger partial charge in [-0.3, -0.25) is 4.79 Å². The Hall–Kier alpha value is -3.28.